The summed E-state index contributed by atoms with van der Waals surface area (Å²) in [4.78, 5) is 10.4. The van der Waals surface area contributed by atoms with Gasteiger partial charge in [0.2, 0.25) is 0 Å². The van der Waals surface area contributed by atoms with Gasteiger partial charge in [0.05, 0.1) is 0 Å². The second-order valence-corrected chi connectivity index (χ2v) is 9.09. The predicted molar refractivity (Wildman–Crippen MR) is 52.9 cm³/mol. The third-order valence-corrected chi connectivity index (χ3v) is 7.48. The summed E-state index contributed by atoms with van der Waals surface area (Å²) in [7, 11) is 0. The molecule has 0 aliphatic carbocycles. The van der Waals surface area contributed by atoms with Crippen molar-refractivity contribution in [3.8, 4) is 0 Å². The molecule has 0 aromatic rings. The Morgan fingerprint density at radius 1 is 1.42 bits per heavy atom. The first-order chi connectivity index (χ1) is 5.61. The molecule has 0 aromatic carbocycles. The molecule has 0 aliphatic heterocycles. The van der Waals surface area contributed by atoms with Crippen LogP contribution in [0.25, 0.3) is 0 Å². The molecule has 0 aliphatic rings. The average Bonchev–Trinajstić information content (AvgIpc) is 2.05. The van der Waals surface area contributed by atoms with E-state index in [9.17, 15) is 4.79 Å². The Morgan fingerprint density at radius 3 is 2.25 bits per heavy atom. The second kappa shape index (κ2) is 6.30. The summed E-state index contributed by atoms with van der Waals surface area (Å²) in [5.74, 6) is -0.837. The van der Waals surface area contributed by atoms with Gasteiger partial charge in [-0.1, -0.05) is 0 Å². The fraction of sp³-hybridized carbons (Fsp3) is 0.667. The molecule has 0 atom stereocenters. The number of carboxylic acid groups (broad SMARTS) is 1. The quantitative estimate of drug-likeness (QED) is 0.564. The van der Waals surface area contributed by atoms with E-state index < -0.39 is 20.6 Å². The topological polar surface area (TPSA) is 37.3 Å². The molecule has 0 amide bonds. The predicted octanol–water partition coefficient (Wildman–Crippen LogP) is 2.55. The maximum absolute atomic E-state index is 10.4. The summed E-state index contributed by atoms with van der Waals surface area (Å²) >= 11 is -0.677. The van der Waals surface area contributed by atoms with Crippen molar-refractivity contribution in [2.75, 3.05) is 0 Å². The van der Waals surface area contributed by atoms with E-state index in [-0.39, 0.29) is 0 Å². The monoisotopic (exact) mass is 232 g/mol. The first-order valence-corrected chi connectivity index (χ1v) is 8.23. The van der Waals surface area contributed by atoms with Gasteiger partial charge in [0.15, 0.2) is 0 Å². The van der Waals surface area contributed by atoms with Crippen LogP contribution in [-0.4, -0.2) is 25.7 Å². The minimum absolute atomic E-state index is 0.372. The number of hydrogen-bond donors (Lipinski definition) is 1. The normalized spacial score (nSPS) is 10.2. The van der Waals surface area contributed by atoms with E-state index in [2.05, 4.69) is 20.4 Å². The van der Waals surface area contributed by atoms with E-state index in [0.29, 0.717) is 12.0 Å². The molecule has 1 N–H and O–H groups in total. The molecule has 0 heterocycles. The molecule has 0 saturated carbocycles. The SMILES string of the molecule is C=C(CC[As](CC)CC)C(=O)O. The molecule has 2 nitrogen and oxygen atoms in total. The fourth-order valence-corrected chi connectivity index (χ4v) is 4.43. The fourth-order valence-electron chi connectivity index (χ4n) is 0.940. The van der Waals surface area contributed by atoms with Gasteiger partial charge >= 0.3 is 78.6 Å². The van der Waals surface area contributed by atoms with Gasteiger partial charge in [-0.3, -0.25) is 0 Å². The minimum atomic E-state index is -0.837. The Morgan fingerprint density at radius 2 is 1.92 bits per heavy atom. The van der Waals surface area contributed by atoms with Crippen molar-refractivity contribution in [2.45, 2.75) is 35.9 Å². The van der Waals surface area contributed by atoms with Crippen LogP contribution in [0, 0.1) is 0 Å². The molecule has 70 valence electrons. The van der Waals surface area contributed by atoms with Crippen LogP contribution in [0.1, 0.15) is 20.3 Å². The molecule has 12 heavy (non-hydrogen) atoms. The van der Waals surface area contributed by atoms with E-state index in [1.165, 1.54) is 10.4 Å². The van der Waals surface area contributed by atoms with Gasteiger partial charge in [0.1, 0.15) is 0 Å². The summed E-state index contributed by atoms with van der Waals surface area (Å²) in [5.41, 5.74) is 0.372. The third-order valence-electron chi connectivity index (χ3n) is 1.93. The second-order valence-electron chi connectivity index (χ2n) is 2.69. The van der Waals surface area contributed by atoms with Crippen molar-refractivity contribution in [1.82, 2.24) is 0 Å². The summed E-state index contributed by atoms with van der Waals surface area (Å²) in [6.45, 7) is 7.92. The number of hydrogen-bond acceptors (Lipinski definition) is 1. The summed E-state index contributed by atoms with van der Waals surface area (Å²) in [6.07, 6.45) is 0.691. The van der Waals surface area contributed by atoms with Crippen LogP contribution in [0.4, 0.5) is 0 Å². The molecule has 0 spiro atoms. The summed E-state index contributed by atoms with van der Waals surface area (Å²) in [5, 5.41) is 12.2. The van der Waals surface area contributed by atoms with Gasteiger partial charge in [-0.15, -0.1) is 0 Å². The third kappa shape index (κ3) is 4.61. The van der Waals surface area contributed by atoms with Crippen LogP contribution in [-0.2, 0) is 4.79 Å². The zero-order chi connectivity index (χ0) is 9.56. The Bertz CT molecular complexity index is 162. The van der Waals surface area contributed by atoms with Gasteiger partial charge in [0, 0.05) is 0 Å². The maximum atomic E-state index is 10.4. The molecule has 0 fully saturated rings. The molecule has 0 saturated heterocycles. The van der Waals surface area contributed by atoms with Crippen LogP contribution in [0.3, 0.4) is 0 Å². The molecule has 0 radical (unpaired) electrons. The average molecular weight is 232 g/mol. The molecular formula is C9H17AsO2. The molecule has 0 unspecified atom stereocenters. The van der Waals surface area contributed by atoms with Gasteiger partial charge in [-0.25, -0.2) is 0 Å². The van der Waals surface area contributed by atoms with Crippen molar-refractivity contribution in [3.63, 3.8) is 0 Å². The van der Waals surface area contributed by atoms with Crippen LogP contribution in [0.15, 0.2) is 12.2 Å². The van der Waals surface area contributed by atoms with Crippen LogP contribution >= 0.6 is 0 Å². The first kappa shape index (κ1) is 11.8. The van der Waals surface area contributed by atoms with Gasteiger partial charge in [0.25, 0.3) is 0 Å². The Hall–Kier alpha value is -0.232. The van der Waals surface area contributed by atoms with Crippen LogP contribution < -0.4 is 0 Å². The van der Waals surface area contributed by atoms with Crippen molar-refractivity contribution in [2.24, 2.45) is 0 Å². The van der Waals surface area contributed by atoms with Gasteiger partial charge < -0.3 is 0 Å². The molecule has 0 rings (SSSR count). The number of aliphatic carboxylic acids is 1. The van der Waals surface area contributed by atoms with E-state index >= 15 is 0 Å². The Labute approximate surface area is 78.9 Å². The zero-order valence-electron chi connectivity index (χ0n) is 7.84. The zero-order valence-corrected chi connectivity index (χ0v) is 9.71. The van der Waals surface area contributed by atoms with Crippen molar-refractivity contribution >= 4 is 20.6 Å². The van der Waals surface area contributed by atoms with Crippen molar-refractivity contribution in [3.05, 3.63) is 12.2 Å². The molecule has 0 aromatic heterocycles. The number of carbonyl (C=O) groups is 1. The van der Waals surface area contributed by atoms with Gasteiger partial charge in [-0.05, 0) is 0 Å². The van der Waals surface area contributed by atoms with E-state index in [0.717, 1.165) is 5.21 Å². The number of carboxylic acids is 1. The van der Waals surface area contributed by atoms with E-state index in [1.54, 1.807) is 0 Å². The Kier molecular flexibility index (Phi) is 6.18. The standard InChI is InChI=1S/C9H17AsO2/c1-4-10(5-2)7-6-8(3)9(11)12/h3-7H2,1-2H3,(H,11,12). The first-order valence-electron chi connectivity index (χ1n) is 4.25. The molecule has 0 bridgehead atoms. The Balaban J connectivity index is 3.66. The van der Waals surface area contributed by atoms with Crippen LogP contribution in [0.5, 0.6) is 0 Å². The van der Waals surface area contributed by atoms with Crippen molar-refractivity contribution < 1.29 is 9.90 Å². The van der Waals surface area contributed by atoms with Crippen molar-refractivity contribution in [1.29, 1.82) is 0 Å². The van der Waals surface area contributed by atoms with Gasteiger partial charge in [-0.2, -0.15) is 0 Å². The molecule has 3 heteroatoms. The summed E-state index contributed by atoms with van der Waals surface area (Å²) in [6, 6.07) is 0. The molecular weight excluding hydrogens is 215 g/mol. The van der Waals surface area contributed by atoms with E-state index in [4.69, 9.17) is 5.11 Å². The van der Waals surface area contributed by atoms with E-state index in [1.807, 2.05) is 0 Å². The summed E-state index contributed by atoms with van der Waals surface area (Å²) < 4.78 is 0. The number of rotatable bonds is 6. The van der Waals surface area contributed by atoms with Crippen LogP contribution in [0.2, 0.25) is 15.6 Å².